The minimum atomic E-state index is -3.74. The van der Waals surface area contributed by atoms with Crippen LogP contribution >= 0.6 is 0 Å². The highest BCUT2D eigenvalue weighted by atomic mass is 32.2. The molecule has 0 amide bonds. The molecule has 0 unspecified atom stereocenters. The molecule has 0 radical (unpaired) electrons. The molecule has 8 nitrogen and oxygen atoms in total. The van der Waals surface area contributed by atoms with Crippen molar-refractivity contribution in [2.45, 2.75) is 11.3 Å². The molecule has 0 atom stereocenters. The molecular weight excluding hydrogens is 435 g/mol. The Morgan fingerprint density at radius 2 is 1.75 bits per heavy atom. The summed E-state index contributed by atoms with van der Waals surface area (Å²) in [6.45, 7) is 1.62. The van der Waals surface area contributed by atoms with Crippen molar-refractivity contribution in [1.29, 1.82) is 5.26 Å². The Bertz CT molecular complexity index is 1340. The van der Waals surface area contributed by atoms with Gasteiger partial charge in [-0.1, -0.05) is 0 Å². The van der Waals surface area contributed by atoms with Crippen LogP contribution < -0.4 is 14.4 Å². The molecule has 0 bridgehead atoms. The van der Waals surface area contributed by atoms with Gasteiger partial charge in [0.1, 0.15) is 17.7 Å². The number of anilines is 1. The first kappa shape index (κ1) is 20.5. The first-order chi connectivity index (χ1) is 15.5. The Kier molecular flexibility index (Phi) is 5.07. The molecule has 3 heterocycles. The van der Waals surface area contributed by atoms with Gasteiger partial charge in [-0.3, -0.25) is 0 Å². The normalized spacial score (nSPS) is 16.7. The van der Waals surface area contributed by atoms with Gasteiger partial charge in [0.15, 0.2) is 11.5 Å². The fourth-order valence-corrected chi connectivity index (χ4v) is 5.45. The summed E-state index contributed by atoms with van der Waals surface area (Å²) in [5.74, 6) is 1.25. The van der Waals surface area contributed by atoms with Crippen LogP contribution in [0.3, 0.4) is 0 Å². The second-order valence-electron chi connectivity index (χ2n) is 7.57. The average Bonchev–Trinajstić information content (AvgIpc) is 3.09. The fraction of sp³-hybridized carbons (Fsp3) is 0.273. The number of rotatable bonds is 3. The number of aromatic nitrogens is 1. The number of benzene rings is 2. The fourth-order valence-electron chi connectivity index (χ4n) is 3.98. The van der Waals surface area contributed by atoms with Crippen molar-refractivity contribution >= 4 is 26.7 Å². The Morgan fingerprint density at radius 1 is 1.00 bits per heavy atom. The van der Waals surface area contributed by atoms with Crippen molar-refractivity contribution < 1.29 is 22.3 Å². The quantitative estimate of drug-likeness (QED) is 0.600. The van der Waals surface area contributed by atoms with Crippen LogP contribution in [0, 0.1) is 17.1 Å². The highest BCUT2D eigenvalue weighted by Gasteiger charge is 2.28. The smallest absolute Gasteiger partial charge is 0.243 e. The number of fused-ring (bicyclic) bond motifs is 2. The summed E-state index contributed by atoms with van der Waals surface area (Å²) in [6.07, 6.45) is 0.562. The van der Waals surface area contributed by atoms with Gasteiger partial charge in [-0.15, -0.1) is 0 Å². The molecular formula is C22H19FN4O4S. The number of nitriles is 1. The first-order valence-electron chi connectivity index (χ1n) is 10.1. The number of pyridine rings is 1. The van der Waals surface area contributed by atoms with Crippen molar-refractivity contribution in [3.8, 4) is 17.6 Å². The van der Waals surface area contributed by atoms with E-state index >= 15 is 0 Å². The van der Waals surface area contributed by atoms with Crippen LogP contribution in [0.4, 0.5) is 10.2 Å². The summed E-state index contributed by atoms with van der Waals surface area (Å²) in [7, 11) is -3.74. The van der Waals surface area contributed by atoms with Crippen LogP contribution in [-0.2, 0) is 10.0 Å². The van der Waals surface area contributed by atoms with E-state index in [2.05, 4.69) is 6.07 Å². The van der Waals surface area contributed by atoms with E-state index in [1.807, 2.05) is 4.90 Å². The number of hydrogen-bond donors (Lipinski definition) is 0. The number of halogens is 1. The van der Waals surface area contributed by atoms with E-state index in [0.717, 1.165) is 17.5 Å². The molecule has 1 saturated heterocycles. The predicted molar refractivity (Wildman–Crippen MR) is 115 cm³/mol. The maximum atomic E-state index is 13.2. The SMILES string of the molecule is N#Cc1cc2cc3c(cc2nc1N1CCCN(S(=O)(=O)c2ccc(F)cc2)CC1)OCO3. The summed E-state index contributed by atoms with van der Waals surface area (Å²) >= 11 is 0. The molecule has 5 rings (SSSR count). The highest BCUT2D eigenvalue weighted by molar-refractivity contribution is 7.89. The average molecular weight is 454 g/mol. The van der Waals surface area contributed by atoms with Gasteiger partial charge in [-0.25, -0.2) is 17.8 Å². The van der Waals surface area contributed by atoms with E-state index < -0.39 is 15.8 Å². The lowest BCUT2D eigenvalue weighted by Gasteiger charge is -2.24. The summed E-state index contributed by atoms with van der Waals surface area (Å²) in [5, 5.41) is 10.5. The van der Waals surface area contributed by atoms with Crippen LogP contribution in [0.1, 0.15) is 12.0 Å². The van der Waals surface area contributed by atoms with Gasteiger partial charge in [0.05, 0.1) is 16.0 Å². The molecule has 0 saturated carbocycles. The minimum Gasteiger partial charge on any atom is -0.454 e. The van der Waals surface area contributed by atoms with Gasteiger partial charge in [0, 0.05) is 37.6 Å². The largest absolute Gasteiger partial charge is 0.454 e. The van der Waals surface area contributed by atoms with Crippen molar-refractivity contribution in [3.05, 3.63) is 53.8 Å². The lowest BCUT2D eigenvalue weighted by Crippen LogP contribution is -2.35. The summed E-state index contributed by atoms with van der Waals surface area (Å²) in [5.41, 5.74) is 1.08. The highest BCUT2D eigenvalue weighted by Crippen LogP contribution is 2.37. The zero-order valence-corrected chi connectivity index (χ0v) is 17.8. The third-order valence-corrected chi connectivity index (χ3v) is 7.53. The molecule has 32 heavy (non-hydrogen) atoms. The maximum absolute atomic E-state index is 13.2. The minimum absolute atomic E-state index is 0.0602. The Labute approximate surface area is 184 Å². The third kappa shape index (κ3) is 3.59. The predicted octanol–water partition coefficient (Wildman–Crippen LogP) is 2.88. The molecule has 2 aliphatic heterocycles. The van der Waals surface area contributed by atoms with Crippen LogP contribution in [0.15, 0.2) is 47.4 Å². The van der Waals surface area contributed by atoms with Crippen molar-refractivity contribution in [2.24, 2.45) is 0 Å². The molecule has 2 aromatic carbocycles. The number of nitrogens with zero attached hydrogens (tertiary/aromatic N) is 4. The summed E-state index contributed by atoms with van der Waals surface area (Å²) in [4.78, 5) is 6.70. The van der Waals surface area contributed by atoms with E-state index in [4.69, 9.17) is 14.5 Å². The zero-order chi connectivity index (χ0) is 22.3. The van der Waals surface area contributed by atoms with Crippen LogP contribution in [0.2, 0.25) is 0 Å². The molecule has 1 aromatic heterocycles. The van der Waals surface area contributed by atoms with Crippen LogP contribution in [0.5, 0.6) is 11.5 Å². The van der Waals surface area contributed by atoms with Gasteiger partial charge >= 0.3 is 0 Å². The first-order valence-corrected chi connectivity index (χ1v) is 11.5. The van der Waals surface area contributed by atoms with Gasteiger partial charge < -0.3 is 14.4 Å². The summed E-state index contributed by atoms with van der Waals surface area (Å²) in [6, 6.07) is 12.4. The number of ether oxygens (including phenoxy) is 2. The second-order valence-corrected chi connectivity index (χ2v) is 9.51. The maximum Gasteiger partial charge on any atom is 0.243 e. The van der Waals surface area contributed by atoms with Gasteiger partial charge in [-0.2, -0.15) is 9.57 Å². The molecule has 0 N–H and O–H groups in total. The van der Waals surface area contributed by atoms with Gasteiger partial charge in [-0.05, 0) is 42.8 Å². The van der Waals surface area contributed by atoms with E-state index in [1.165, 1.54) is 16.4 Å². The number of sulfonamides is 1. The molecule has 3 aromatic rings. The topological polar surface area (TPSA) is 95.8 Å². The van der Waals surface area contributed by atoms with Crippen molar-refractivity contribution in [1.82, 2.24) is 9.29 Å². The number of hydrogen-bond acceptors (Lipinski definition) is 7. The molecule has 2 aliphatic rings. The van der Waals surface area contributed by atoms with E-state index in [0.29, 0.717) is 54.5 Å². The zero-order valence-electron chi connectivity index (χ0n) is 17.0. The second kappa shape index (κ2) is 7.93. The monoisotopic (exact) mass is 454 g/mol. The standard InChI is InChI=1S/C22H19FN4O4S/c23-17-2-4-18(5-3-17)32(28,29)27-7-1-6-26(8-9-27)22-16(13-24)10-15-11-20-21(31-14-30-20)12-19(15)25-22/h2-5,10-12H,1,6-9,14H2. The summed E-state index contributed by atoms with van der Waals surface area (Å²) < 4.78 is 51.4. The molecule has 164 valence electrons. The van der Waals surface area contributed by atoms with Gasteiger partial charge in [0.2, 0.25) is 16.8 Å². The Hall–Kier alpha value is -3.42. The van der Waals surface area contributed by atoms with E-state index in [9.17, 15) is 18.1 Å². The van der Waals surface area contributed by atoms with Crippen LogP contribution in [-0.4, -0.2) is 50.7 Å². The molecule has 0 spiro atoms. The molecule has 10 heteroatoms. The lowest BCUT2D eigenvalue weighted by molar-refractivity contribution is 0.174. The Morgan fingerprint density at radius 3 is 2.50 bits per heavy atom. The van der Waals surface area contributed by atoms with Gasteiger partial charge in [0.25, 0.3) is 0 Å². The van der Waals surface area contributed by atoms with E-state index in [-0.39, 0.29) is 18.2 Å². The van der Waals surface area contributed by atoms with Crippen molar-refractivity contribution in [2.75, 3.05) is 37.9 Å². The molecule has 1 fully saturated rings. The third-order valence-electron chi connectivity index (χ3n) is 5.62. The van der Waals surface area contributed by atoms with Crippen molar-refractivity contribution in [3.63, 3.8) is 0 Å². The van der Waals surface area contributed by atoms with E-state index in [1.54, 1.807) is 18.2 Å². The van der Waals surface area contributed by atoms with Crippen LogP contribution in [0.25, 0.3) is 10.9 Å². The molecule has 0 aliphatic carbocycles. The Balaban J connectivity index is 1.43. The lowest BCUT2D eigenvalue weighted by atomic mass is 10.1.